The van der Waals surface area contributed by atoms with Crippen molar-refractivity contribution in [3.05, 3.63) is 23.8 Å². The van der Waals surface area contributed by atoms with E-state index in [9.17, 15) is 4.79 Å². The maximum atomic E-state index is 11.7. The van der Waals surface area contributed by atoms with Crippen molar-refractivity contribution in [3.8, 4) is 0 Å². The van der Waals surface area contributed by atoms with E-state index in [1.54, 1.807) is 0 Å². The number of Topliss-reactive ketones (excluding diaryl/α,β-unsaturated/α-hetero) is 1. The molecule has 0 amide bonds. The lowest BCUT2D eigenvalue weighted by atomic mass is 9.96. The second kappa shape index (κ2) is 10.8. The van der Waals surface area contributed by atoms with E-state index in [4.69, 9.17) is 4.74 Å². The fourth-order valence-electron chi connectivity index (χ4n) is 2.46. The summed E-state index contributed by atoms with van der Waals surface area (Å²) in [6, 6.07) is 0. The van der Waals surface area contributed by atoms with Crippen LogP contribution in [0.2, 0.25) is 0 Å². The van der Waals surface area contributed by atoms with E-state index >= 15 is 0 Å². The van der Waals surface area contributed by atoms with Gasteiger partial charge in [-0.25, -0.2) is 0 Å². The lowest BCUT2D eigenvalue weighted by Crippen LogP contribution is -2.15. The number of hydrogen-bond donors (Lipinski definition) is 0. The lowest BCUT2D eigenvalue weighted by molar-refractivity contribution is -0.123. The number of hydrogen-bond acceptors (Lipinski definition) is 2. The molecule has 0 spiro atoms. The summed E-state index contributed by atoms with van der Waals surface area (Å²) in [7, 11) is 0. The highest BCUT2D eigenvalue weighted by molar-refractivity contribution is 5.79. The standard InChI is InChI=1S/C18H30O2/c1-3-4-5-6-7-8-13-18(19)15-20-14-17-12-10-9-11-16(17)2/h10-12,17H,3-9,13-15H2,1-2H3. The third kappa shape index (κ3) is 7.64. The highest BCUT2D eigenvalue weighted by Crippen LogP contribution is 2.18. The van der Waals surface area contributed by atoms with Gasteiger partial charge >= 0.3 is 0 Å². The van der Waals surface area contributed by atoms with Crippen molar-refractivity contribution >= 4 is 5.78 Å². The molecule has 0 aromatic carbocycles. The molecule has 0 aromatic heterocycles. The molecule has 1 unspecified atom stereocenters. The van der Waals surface area contributed by atoms with Crippen LogP contribution in [0.15, 0.2) is 23.8 Å². The number of rotatable bonds is 11. The Balaban J connectivity index is 1.99. The smallest absolute Gasteiger partial charge is 0.158 e. The molecule has 0 radical (unpaired) electrons. The number of ketones is 1. The lowest BCUT2D eigenvalue weighted by Gasteiger charge is -2.16. The first kappa shape index (κ1) is 17.2. The summed E-state index contributed by atoms with van der Waals surface area (Å²) in [6.07, 6.45) is 15.7. The van der Waals surface area contributed by atoms with Gasteiger partial charge in [0.2, 0.25) is 0 Å². The number of carbonyl (C=O) groups excluding carboxylic acids is 1. The molecule has 1 rings (SSSR count). The molecule has 2 nitrogen and oxygen atoms in total. The quantitative estimate of drug-likeness (QED) is 0.399. The Hall–Kier alpha value is -0.890. The van der Waals surface area contributed by atoms with E-state index in [1.807, 2.05) is 0 Å². The summed E-state index contributed by atoms with van der Waals surface area (Å²) in [5, 5.41) is 0. The maximum Gasteiger partial charge on any atom is 0.158 e. The van der Waals surface area contributed by atoms with Gasteiger partial charge in [0.1, 0.15) is 6.61 Å². The molecule has 0 aromatic rings. The molecular weight excluding hydrogens is 248 g/mol. The summed E-state index contributed by atoms with van der Waals surface area (Å²) in [5.74, 6) is 0.618. The molecule has 0 bridgehead atoms. The maximum absolute atomic E-state index is 11.7. The van der Waals surface area contributed by atoms with E-state index in [2.05, 4.69) is 32.1 Å². The minimum atomic E-state index is 0.252. The number of unbranched alkanes of at least 4 members (excludes halogenated alkanes) is 5. The van der Waals surface area contributed by atoms with Crippen LogP contribution in [0.25, 0.3) is 0 Å². The van der Waals surface area contributed by atoms with Gasteiger partial charge in [-0.15, -0.1) is 0 Å². The number of carbonyl (C=O) groups is 1. The third-order valence-corrected chi connectivity index (χ3v) is 3.90. The van der Waals surface area contributed by atoms with Crippen LogP contribution in [-0.2, 0) is 9.53 Å². The molecule has 20 heavy (non-hydrogen) atoms. The van der Waals surface area contributed by atoms with Crippen LogP contribution in [0.1, 0.15) is 65.2 Å². The summed E-state index contributed by atoms with van der Waals surface area (Å²) < 4.78 is 5.56. The van der Waals surface area contributed by atoms with Crippen molar-refractivity contribution in [3.63, 3.8) is 0 Å². The second-order valence-electron chi connectivity index (χ2n) is 5.79. The van der Waals surface area contributed by atoms with Crippen LogP contribution >= 0.6 is 0 Å². The second-order valence-corrected chi connectivity index (χ2v) is 5.79. The first-order valence-electron chi connectivity index (χ1n) is 8.16. The van der Waals surface area contributed by atoms with Gasteiger partial charge in [-0.3, -0.25) is 4.79 Å². The monoisotopic (exact) mass is 278 g/mol. The van der Waals surface area contributed by atoms with E-state index in [0.717, 1.165) is 12.8 Å². The van der Waals surface area contributed by atoms with Crippen molar-refractivity contribution in [2.75, 3.05) is 13.2 Å². The van der Waals surface area contributed by atoms with E-state index in [1.165, 1.54) is 37.7 Å². The summed E-state index contributed by atoms with van der Waals surface area (Å²) in [6.45, 7) is 5.28. The van der Waals surface area contributed by atoms with Gasteiger partial charge in [0.15, 0.2) is 5.78 Å². The normalized spacial score (nSPS) is 18.1. The summed E-state index contributed by atoms with van der Waals surface area (Å²) in [4.78, 5) is 11.7. The molecule has 0 fully saturated rings. The highest BCUT2D eigenvalue weighted by Gasteiger charge is 2.11. The van der Waals surface area contributed by atoms with Crippen molar-refractivity contribution in [1.29, 1.82) is 0 Å². The molecule has 1 aliphatic carbocycles. The van der Waals surface area contributed by atoms with Gasteiger partial charge in [0.05, 0.1) is 6.61 Å². The van der Waals surface area contributed by atoms with E-state index in [0.29, 0.717) is 18.9 Å². The molecule has 2 heteroatoms. The van der Waals surface area contributed by atoms with Gasteiger partial charge < -0.3 is 4.74 Å². The Labute approximate surface area is 124 Å². The summed E-state index contributed by atoms with van der Waals surface area (Å²) >= 11 is 0. The van der Waals surface area contributed by atoms with E-state index < -0.39 is 0 Å². The number of allylic oxidation sites excluding steroid dienone is 2. The number of ether oxygens (including phenoxy) is 1. The Morgan fingerprint density at radius 1 is 1.25 bits per heavy atom. The average Bonchev–Trinajstić information content (AvgIpc) is 2.45. The molecule has 0 saturated heterocycles. The predicted molar refractivity (Wildman–Crippen MR) is 84.8 cm³/mol. The van der Waals surface area contributed by atoms with E-state index in [-0.39, 0.29) is 12.4 Å². The first-order valence-corrected chi connectivity index (χ1v) is 8.16. The van der Waals surface area contributed by atoms with Gasteiger partial charge in [-0.1, -0.05) is 62.8 Å². The first-order chi connectivity index (χ1) is 9.74. The zero-order valence-corrected chi connectivity index (χ0v) is 13.2. The predicted octanol–water partition coefficient (Wildman–Crippen LogP) is 4.85. The molecule has 0 heterocycles. The molecule has 0 saturated carbocycles. The van der Waals surface area contributed by atoms with Gasteiger partial charge in [-0.05, 0) is 19.8 Å². The van der Waals surface area contributed by atoms with Crippen LogP contribution in [-0.4, -0.2) is 19.0 Å². The Morgan fingerprint density at radius 3 is 2.75 bits per heavy atom. The Kier molecular flexibility index (Phi) is 9.31. The van der Waals surface area contributed by atoms with Crippen LogP contribution in [0.5, 0.6) is 0 Å². The third-order valence-electron chi connectivity index (χ3n) is 3.90. The van der Waals surface area contributed by atoms with Gasteiger partial charge in [0, 0.05) is 12.3 Å². The molecule has 0 N–H and O–H groups in total. The average molecular weight is 278 g/mol. The van der Waals surface area contributed by atoms with Crippen LogP contribution in [0, 0.1) is 5.92 Å². The van der Waals surface area contributed by atoms with Crippen LogP contribution in [0.4, 0.5) is 0 Å². The molecular formula is C18H30O2. The van der Waals surface area contributed by atoms with Crippen molar-refractivity contribution in [2.45, 2.75) is 65.2 Å². The van der Waals surface area contributed by atoms with Crippen molar-refractivity contribution in [1.82, 2.24) is 0 Å². The van der Waals surface area contributed by atoms with Crippen molar-refractivity contribution < 1.29 is 9.53 Å². The van der Waals surface area contributed by atoms with Gasteiger partial charge in [0.25, 0.3) is 0 Å². The minimum Gasteiger partial charge on any atom is -0.373 e. The van der Waals surface area contributed by atoms with Crippen molar-refractivity contribution in [2.24, 2.45) is 5.92 Å². The minimum absolute atomic E-state index is 0.252. The highest BCUT2D eigenvalue weighted by atomic mass is 16.5. The largest absolute Gasteiger partial charge is 0.373 e. The van der Waals surface area contributed by atoms with Crippen LogP contribution < -0.4 is 0 Å². The zero-order chi connectivity index (χ0) is 14.6. The molecule has 114 valence electrons. The molecule has 1 aliphatic rings. The fourth-order valence-corrected chi connectivity index (χ4v) is 2.46. The molecule has 0 aliphatic heterocycles. The van der Waals surface area contributed by atoms with Crippen LogP contribution in [0.3, 0.4) is 0 Å². The summed E-state index contributed by atoms with van der Waals surface area (Å²) in [5.41, 5.74) is 1.36. The molecule has 1 atom stereocenters. The Bertz CT molecular complexity index is 328. The topological polar surface area (TPSA) is 26.3 Å². The SMILES string of the molecule is CCCCCCCCC(=O)COCC1C=CCC=C1C. The zero-order valence-electron chi connectivity index (χ0n) is 13.2. The fraction of sp³-hybridized carbons (Fsp3) is 0.722. The Morgan fingerprint density at radius 2 is 2.00 bits per heavy atom. The van der Waals surface area contributed by atoms with Gasteiger partial charge in [-0.2, -0.15) is 0 Å².